The molecule has 2 N–H and O–H groups in total. The highest BCUT2D eigenvalue weighted by molar-refractivity contribution is 7.14. The van der Waals surface area contributed by atoms with E-state index in [1.54, 1.807) is 4.90 Å². The third kappa shape index (κ3) is 6.95. The largest absolute Gasteiger partial charge is 0.350 e. The minimum absolute atomic E-state index is 0.0598. The Morgan fingerprint density at radius 1 is 1.10 bits per heavy atom. The quantitative estimate of drug-likeness (QED) is 0.596. The molecule has 0 bridgehead atoms. The van der Waals surface area contributed by atoms with E-state index in [-0.39, 0.29) is 30.2 Å². The molecule has 0 radical (unpaired) electrons. The summed E-state index contributed by atoms with van der Waals surface area (Å²) in [7, 11) is 0. The van der Waals surface area contributed by atoms with Gasteiger partial charge in [0, 0.05) is 43.8 Å². The summed E-state index contributed by atoms with van der Waals surface area (Å²) in [4.78, 5) is 41.6. The van der Waals surface area contributed by atoms with Crippen LogP contribution in [0.4, 0.5) is 5.13 Å². The molecule has 0 aliphatic carbocycles. The number of hydrogen-bond acceptors (Lipinski definition) is 5. The van der Waals surface area contributed by atoms with Gasteiger partial charge in [0.25, 0.3) is 0 Å². The zero-order valence-corrected chi connectivity index (χ0v) is 18.8. The van der Waals surface area contributed by atoms with Crippen LogP contribution in [0.15, 0.2) is 29.6 Å². The fraction of sp³-hybridized carbons (Fsp3) is 0.455. The normalized spacial score (nSPS) is 11.6. The Balaban J connectivity index is 1.86. The predicted octanol–water partition coefficient (Wildman–Crippen LogP) is 3.98. The molecule has 7 nitrogen and oxygen atoms in total. The molecule has 0 fully saturated rings. The first-order valence-corrected chi connectivity index (χ1v) is 11.1. The number of carbonyl (C=O) groups is 3. The van der Waals surface area contributed by atoms with Crippen molar-refractivity contribution in [3.63, 3.8) is 0 Å². The minimum atomic E-state index is -0.136. The minimum Gasteiger partial charge on any atom is -0.350 e. The molecule has 1 atom stereocenters. The molecular weight excluding hydrogens is 400 g/mol. The van der Waals surface area contributed by atoms with Crippen molar-refractivity contribution in [1.29, 1.82) is 0 Å². The lowest BCUT2D eigenvalue weighted by molar-refractivity contribution is -0.131. The first-order valence-electron chi connectivity index (χ1n) is 10.2. The summed E-state index contributed by atoms with van der Waals surface area (Å²) in [5, 5.41) is 8.10. The van der Waals surface area contributed by atoms with Gasteiger partial charge in [-0.15, -0.1) is 11.3 Å². The van der Waals surface area contributed by atoms with Gasteiger partial charge >= 0.3 is 0 Å². The maximum absolute atomic E-state index is 12.2. The van der Waals surface area contributed by atoms with Gasteiger partial charge in [0.2, 0.25) is 17.7 Å². The molecule has 0 spiro atoms. The van der Waals surface area contributed by atoms with Gasteiger partial charge < -0.3 is 15.5 Å². The van der Waals surface area contributed by atoms with Crippen LogP contribution in [-0.2, 0) is 14.4 Å². The van der Waals surface area contributed by atoms with E-state index in [1.807, 2.05) is 50.4 Å². The maximum Gasteiger partial charge on any atom is 0.226 e. The summed E-state index contributed by atoms with van der Waals surface area (Å²) in [5.74, 6) is -0.118. The van der Waals surface area contributed by atoms with Gasteiger partial charge in [-0.1, -0.05) is 24.3 Å². The number of amides is 3. The Morgan fingerprint density at radius 3 is 2.37 bits per heavy atom. The van der Waals surface area contributed by atoms with Crippen molar-refractivity contribution in [3.8, 4) is 11.3 Å². The second-order valence-electron chi connectivity index (χ2n) is 7.05. The van der Waals surface area contributed by atoms with E-state index >= 15 is 0 Å². The van der Waals surface area contributed by atoms with Gasteiger partial charge in [-0.25, -0.2) is 4.98 Å². The highest BCUT2D eigenvalue weighted by Crippen LogP contribution is 2.26. The number of anilines is 1. The number of aromatic nitrogens is 1. The molecule has 1 heterocycles. The van der Waals surface area contributed by atoms with Gasteiger partial charge in [0.15, 0.2) is 5.13 Å². The Labute approximate surface area is 181 Å². The van der Waals surface area contributed by atoms with Crippen molar-refractivity contribution in [2.24, 2.45) is 0 Å². The zero-order chi connectivity index (χ0) is 22.1. The molecule has 8 heteroatoms. The van der Waals surface area contributed by atoms with E-state index in [9.17, 15) is 14.4 Å². The van der Waals surface area contributed by atoms with Crippen LogP contribution in [0.3, 0.4) is 0 Å². The van der Waals surface area contributed by atoms with Crippen molar-refractivity contribution in [3.05, 3.63) is 35.2 Å². The highest BCUT2D eigenvalue weighted by atomic mass is 32.1. The zero-order valence-electron chi connectivity index (χ0n) is 18.0. The van der Waals surface area contributed by atoms with Crippen molar-refractivity contribution < 1.29 is 14.4 Å². The van der Waals surface area contributed by atoms with Crippen LogP contribution in [0.1, 0.15) is 58.6 Å². The smallest absolute Gasteiger partial charge is 0.226 e. The van der Waals surface area contributed by atoms with E-state index in [2.05, 4.69) is 15.6 Å². The fourth-order valence-electron chi connectivity index (χ4n) is 3.11. The third-order valence-corrected chi connectivity index (χ3v) is 5.55. The van der Waals surface area contributed by atoms with Crippen molar-refractivity contribution in [1.82, 2.24) is 15.2 Å². The summed E-state index contributed by atoms with van der Waals surface area (Å²) < 4.78 is 0. The molecule has 0 aliphatic rings. The van der Waals surface area contributed by atoms with Gasteiger partial charge in [-0.2, -0.15) is 0 Å². The number of hydrogen-bond donors (Lipinski definition) is 2. The fourth-order valence-corrected chi connectivity index (χ4v) is 3.85. The van der Waals surface area contributed by atoms with Gasteiger partial charge in [-0.05, 0) is 32.8 Å². The number of thiazole rings is 1. The Bertz CT molecular complexity index is 860. The number of nitrogens with zero attached hydrogens (tertiary/aromatic N) is 2. The summed E-state index contributed by atoms with van der Waals surface area (Å²) in [6, 6.07) is 7.76. The molecule has 162 valence electrons. The van der Waals surface area contributed by atoms with Crippen LogP contribution < -0.4 is 10.6 Å². The van der Waals surface area contributed by atoms with E-state index in [0.29, 0.717) is 31.1 Å². The first kappa shape index (κ1) is 23.5. The van der Waals surface area contributed by atoms with Gasteiger partial charge in [0.1, 0.15) is 0 Å². The lowest BCUT2D eigenvalue weighted by Crippen LogP contribution is -2.30. The van der Waals surface area contributed by atoms with Crippen LogP contribution in [0.25, 0.3) is 11.3 Å². The van der Waals surface area contributed by atoms with Crippen LogP contribution in [0, 0.1) is 0 Å². The SMILES string of the molecule is CCN(CC)C(=O)CCCC(=O)Nc1nc(-c2ccc(C(C)NC(C)=O)cc2)cs1. The van der Waals surface area contributed by atoms with Crippen LogP contribution in [0.5, 0.6) is 0 Å². The molecule has 0 aliphatic heterocycles. The number of nitrogens with one attached hydrogen (secondary N) is 2. The molecule has 1 aromatic carbocycles. The monoisotopic (exact) mass is 430 g/mol. The van der Waals surface area contributed by atoms with Crippen molar-refractivity contribution in [2.45, 2.75) is 53.0 Å². The van der Waals surface area contributed by atoms with E-state index in [1.165, 1.54) is 18.3 Å². The molecule has 0 saturated heterocycles. The summed E-state index contributed by atoms with van der Waals surface area (Å²) in [5.41, 5.74) is 2.73. The molecule has 2 rings (SSSR count). The van der Waals surface area contributed by atoms with Crippen molar-refractivity contribution in [2.75, 3.05) is 18.4 Å². The average molecular weight is 431 g/mol. The van der Waals surface area contributed by atoms with Gasteiger partial charge in [-0.3, -0.25) is 14.4 Å². The molecule has 1 aromatic heterocycles. The second kappa shape index (κ2) is 11.4. The Kier molecular flexibility index (Phi) is 8.98. The molecule has 3 amide bonds. The molecule has 0 saturated carbocycles. The molecule has 2 aromatic rings. The maximum atomic E-state index is 12.2. The lowest BCUT2D eigenvalue weighted by atomic mass is 10.1. The van der Waals surface area contributed by atoms with Crippen molar-refractivity contribution >= 4 is 34.2 Å². The number of rotatable bonds is 10. The van der Waals surface area contributed by atoms with Crippen LogP contribution >= 0.6 is 11.3 Å². The highest BCUT2D eigenvalue weighted by Gasteiger charge is 2.12. The predicted molar refractivity (Wildman–Crippen MR) is 120 cm³/mol. The summed E-state index contributed by atoms with van der Waals surface area (Å²) in [6.45, 7) is 8.71. The molecule has 1 unspecified atom stereocenters. The summed E-state index contributed by atoms with van der Waals surface area (Å²) >= 11 is 1.37. The van der Waals surface area contributed by atoms with E-state index in [4.69, 9.17) is 0 Å². The Morgan fingerprint density at radius 2 is 1.77 bits per heavy atom. The number of benzene rings is 1. The second-order valence-corrected chi connectivity index (χ2v) is 7.91. The molecule has 30 heavy (non-hydrogen) atoms. The average Bonchev–Trinajstić information content (AvgIpc) is 3.17. The topological polar surface area (TPSA) is 91.4 Å². The van der Waals surface area contributed by atoms with E-state index in [0.717, 1.165) is 16.8 Å². The first-order chi connectivity index (χ1) is 14.3. The third-order valence-electron chi connectivity index (χ3n) is 4.79. The van der Waals surface area contributed by atoms with Crippen LogP contribution in [0.2, 0.25) is 0 Å². The number of carbonyl (C=O) groups excluding carboxylic acids is 3. The van der Waals surface area contributed by atoms with E-state index < -0.39 is 0 Å². The van der Waals surface area contributed by atoms with Crippen LogP contribution in [-0.4, -0.2) is 40.7 Å². The Hall–Kier alpha value is -2.74. The van der Waals surface area contributed by atoms with Gasteiger partial charge in [0.05, 0.1) is 11.7 Å². The lowest BCUT2D eigenvalue weighted by Gasteiger charge is -2.18. The summed E-state index contributed by atoms with van der Waals surface area (Å²) in [6.07, 6.45) is 1.19. The standard InChI is InChI=1S/C22H30N4O3S/c1-5-26(6-2)21(29)9-7-8-20(28)25-22-24-19(14-30-22)18-12-10-17(11-13-18)15(3)23-16(4)27/h10-15H,5-9H2,1-4H3,(H,23,27)(H,24,25,28). The molecular formula is C22H30N4O3S.